The Hall–Kier alpha value is -1.27. The zero-order valence-corrected chi connectivity index (χ0v) is 11.4. The Bertz CT molecular complexity index is 538. The Morgan fingerprint density at radius 1 is 1.39 bits per heavy atom. The second kappa shape index (κ2) is 4.78. The van der Waals surface area contributed by atoms with Crippen LogP contribution in [0.25, 0.3) is 0 Å². The third kappa shape index (κ3) is 2.18. The summed E-state index contributed by atoms with van der Waals surface area (Å²) in [6.07, 6.45) is 2.92. The Kier molecular flexibility index (Phi) is 3.49. The van der Waals surface area contributed by atoms with Crippen LogP contribution in [-0.2, 0) is 10.0 Å². The summed E-state index contributed by atoms with van der Waals surface area (Å²) in [5.41, 5.74) is 6.08. The minimum Gasteiger partial charge on any atom is -0.495 e. The summed E-state index contributed by atoms with van der Waals surface area (Å²) in [4.78, 5) is 0.138. The van der Waals surface area contributed by atoms with Crippen molar-refractivity contribution in [3.05, 3.63) is 18.2 Å². The molecule has 100 valence electrons. The second-order valence-electron chi connectivity index (χ2n) is 4.52. The van der Waals surface area contributed by atoms with Crippen molar-refractivity contribution in [2.45, 2.75) is 30.2 Å². The van der Waals surface area contributed by atoms with Gasteiger partial charge < -0.3 is 10.5 Å². The van der Waals surface area contributed by atoms with Crippen LogP contribution in [0.1, 0.15) is 19.3 Å². The van der Waals surface area contributed by atoms with Gasteiger partial charge in [0.2, 0.25) is 10.0 Å². The van der Waals surface area contributed by atoms with E-state index in [1.165, 1.54) is 17.5 Å². The average Bonchev–Trinajstić information content (AvgIpc) is 2.26. The van der Waals surface area contributed by atoms with Gasteiger partial charge in [0, 0.05) is 18.8 Å². The Labute approximate surface area is 108 Å². The smallest absolute Gasteiger partial charge is 0.246 e. The average molecular weight is 270 g/mol. The van der Waals surface area contributed by atoms with E-state index in [0.29, 0.717) is 11.4 Å². The molecule has 2 N–H and O–H groups in total. The molecule has 0 atom stereocenters. The summed E-state index contributed by atoms with van der Waals surface area (Å²) >= 11 is 0. The van der Waals surface area contributed by atoms with E-state index in [9.17, 15) is 8.42 Å². The van der Waals surface area contributed by atoms with Gasteiger partial charge in [-0.25, -0.2) is 8.42 Å². The molecular formula is C12H18N2O3S. The number of anilines is 1. The molecule has 1 aliphatic rings. The van der Waals surface area contributed by atoms with E-state index in [1.54, 1.807) is 19.2 Å². The van der Waals surface area contributed by atoms with Crippen molar-refractivity contribution in [2.24, 2.45) is 0 Å². The van der Waals surface area contributed by atoms with E-state index < -0.39 is 10.0 Å². The minimum atomic E-state index is -3.54. The molecule has 1 saturated carbocycles. The van der Waals surface area contributed by atoms with Gasteiger partial charge in [-0.2, -0.15) is 4.31 Å². The summed E-state index contributed by atoms with van der Waals surface area (Å²) < 4.78 is 31.5. The Morgan fingerprint density at radius 3 is 2.56 bits per heavy atom. The summed E-state index contributed by atoms with van der Waals surface area (Å²) in [6, 6.07) is 4.75. The first kappa shape index (κ1) is 13.2. The SMILES string of the molecule is COc1ccc(N)cc1S(=O)(=O)N(C)C1CCC1. The largest absolute Gasteiger partial charge is 0.495 e. The summed E-state index contributed by atoms with van der Waals surface area (Å²) in [7, 11) is -0.471. The van der Waals surface area contributed by atoms with Crippen molar-refractivity contribution in [1.29, 1.82) is 0 Å². The molecule has 0 heterocycles. The second-order valence-corrected chi connectivity index (χ2v) is 6.48. The molecule has 1 aromatic rings. The number of nitrogens with two attached hydrogens (primary N) is 1. The first-order valence-corrected chi connectivity index (χ1v) is 7.32. The maximum atomic E-state index is 12.5. The van der Waals surface area contributed by atoms with Gasteiger partial charge in [-0.1, -0.05) is 6.42 Å². The van der Waals surface area contributed by atoms with Gasteiger partial charge in [0.05, 0.1) is 7.11 Å². The lowest BCUT2D eigenvalue weighted by molar-refractivity contribution is 0.249. The fourth-order valence-corrected chi connectivity index (χ4v) is 3.60. The number of rotatable bonds is 4. The lowest BCUT2D eigenvalue weighted by atomic mass is 9.94. The molecular weight excluding hydrogens is 252 g/mol. The zero-order chi connectivity index (χ0) is 13.3. The fourth-order valence-electron chi connectivity index (χ4n) is 2.00. The highest BCUT2D eigenvalue weighted by Gasteiger charge is 2.33. The molecule has 1 aromatic carbocycles. The van der Waals surface area contributed by atoms with Gasteiger partial charge >= 0.3 is 0 Å². The monoisotopic (exact) mass is 270 g/mol. The molecule has 0 aliphatic heterocycles. The number of nitrogens with zero attached hydrogens (tertiary/aromatic N) is 1. The van der Waals surface area contributed by atoms with E-state index in [1.807, 2.05) is 0 Å². The molecule has 0 amide bonds. The highest BCUT2D eigenvalue weighted by atomic mass is 32.2. The van der Waals surface area contributed by atoms with Crippen LogP contribution < -0.4 is 10.5 Å². The molecule has 1 fully saturated rings. The topological polar surface area (TPSA) is 72.6 Å². The van der Waals surface area contributed by atoms with Gasteiger partial charge in [-0.05, 0) is 31.0 Å². The standard InChI is InChI=1S/C12H18N2O3S/c1-14(10-4-3-5-10)18(15,16)12-8-9(13)6-7-11(12)17-2/h6-8,10H,3-5,13H2,1-2H3. The predicted octanol–water partition coefficient (Wildman–Crippen LogP) is 1.45. The van der Waals surface area contributed by atoms with Gasteiger partial charge in [-0.3, -0.25) is 0 Å². The first-order valence-electron chi connectivity index (χ1n) is 5.88. The van der Waals surface area contributed by atoms with Crippen LogP contribution in [0.5, 0.6) is 5.75 Å². The van der Waals surface area contributed by atoms with Crippen LogP contribution >= 0.6 is 0 Å². The molecule has 0 saturated heterocycles. The van der Waals surface area contributed by atoms with Crippen molar-refractivity contribution < 1.29 is 13.2 Å². The van der Waals surface area contributed by atoms with Gasteiger partial charge in [0.15, 0.2) is 0 Å². The van der Waals surface area contributed by atoms with Gasteiger partial charge in [0.25, 0.3) is 0 Å². The van der Waals surface area contributed by atoms with Crippen LogP contribution in [0.2, 0.25) is 0 Å². The molecule has 0 bridgehead atoms. The first-order chi connectivity index (χ1) is 8.46. The lowest BCUT2D eigenvalue weighted by Gasteiger charge is -2.34. The molecule has 0 radical (unpaired) electrons. The van der Waals surface area contributed by atoms with E-state index >= 15 is 0 Å². The number of methoxy groups -OCH3 is 1. The number of ether oxygens (including phenoxy) is 1. The summed E-state index contributed by atoms with van der Waals surface area (Å²) in [5.74, 6) is 0.329. The molecule has 18 heavy (non-hydrogen) atoms. The number of hydrogen-bond acceptors (Lipinski definition) is 4. The normalized spacial score (nSPS) is 16.6. The molecule has 0 aromatic heterocycles. The molecule has 2 rings (SSSR count). The maximum absolute atomic E-state index is 12.5. The van der Waals surface area contributed by atoms with Crippen LogP contribution in [0.3, 0.4) is 0 Å². The van der Waals surface area contributed by atoms with Crippen molar-refractivity contribution in [3.63, 3.8) is 0 Å². The zero-order valence-electron chi connectivity index (χ0n) is 10.6. The number of hydrogen-bond donors (Lipinski definition) is 1. The van der Waals surface area contributed by atoms with E-state index in [2.05, 4.69) is 0 Å². The van der Waals surface area contributed by atoms with Crippen molar-refractivity contribution in [2.75, 3.05) is 19.9 Å². The quantitative estimate of drug-likeness (QED) is 0.840. The van der Waals surface area contributed by atoms with Crippen LogP contribution in [-0.4, -0.2) is 32.9 Å². The van der Waals surface area contributed by atoms with Crippen LogP contribution in [0, 0.1) is 0 Å². The third-order valence-corrected chi connectivity index (χ3v) is 5.36. The lowest BCUT2D eigenvalue weighted by Crippen LogP contribution is -2.41. The fraction of sp³-hybridized carbons (Fsp3) is 0.500. The number of benzene rings is 1. The molecule has 1 aliphatic carbocycles. The predicted molar refractivity (Wildman–Crippen MR) is 70.0 cm³/mol. The Morgan fingerprint density at radius 2 is 2.06 bits per heavy atom. The summed E-state index contributed by atoms with van der Waals surface area (Å²) in [5, 5.41) is 0. The molecule has 6 heteroatoms. The van der Waals surface area contributed by atoms with E-state index in [4.69, 9.17) is 10.5 Å². The van der Waals surface area contributed by atoms with Gasteiger partial charge in [-0.15, -0.1) is 0 Å². The van der Waals surface area contributed by atoms with Crippen LogP contribution in [0.4, 0.5) is 5.69 Å². The van der Waals surface area contributed by atoms with Crippen molar-refractivity contribution in [3.8, 4) is 5.75 Å². The highest BCUT2D eigenvalue weighted by molar-refractivity contribution is 7.89. The van der Waals surface area contributed by atoms with Crippen molar-refractivity contribution in [1.82, 2.24) is 4.31 Å². The molecule has 0 unspecified atom stereocenters. The van der Waals surface area contributed by atoms with E-state index in [-0.39, 0.29) is 10.9 Å². The Balaban J connectivity index is 2.42. The summed E-state index contributed by atoms with van der Waals surface area (Å²) in [6.45, 7) is 0. The maximum Gasteiger partial charge on any atom is 0.246 e. The minimum absolute atomic E-state index is 0.0983. The van der Waals surface area contributed by atoms with Crippen LogP contribution in [0.15, 0.2) is 23.1 Å². The number of nitrogen functional groups attached to an aromatic ring is 1. The number of sulfonamides is 1. The molecule has 0 spiro atoms. The highest BCUT2D eigenvalue weighted by Crippen LogP contribution is 2.33. The van der Waals surface area contributed by atoms with Gasteiger partial charge in [0.1, 0.15) is 10.6 Å². The third-order valence-electron chi connectivity index (χ3n) is 3.43. The van der Waals surface area contributed by atoms with Crippen molar-refractivity contribution >= 4 is 15.7 Å². The van der Waals surface area contributed by atoms with E-state index in [0.717, 1.165) is 19.3 Å². The molecule has 5 nitrogen and oxygen atoms in total.